The Morgan fingerprint density at radius 3 is 2.20 bits per heavy atom. The van der Waals surface area contributed by atoms with Gasteiger partial charge >= 0.3 is 6.09 Å². The van der Waals surface area contributed by atoms with Crippen LogP contribution in [0.5, 0.6) is 5.75 Å². The molecule has 10 heteroatoms. The Morgan fingerprint density at radius 2 is 1.66 bits per heavy atom. The number of carbonyl (C=O) groups is 4. The first-order chi connectivity index (χ1) is 16.3. The summed E-state index contributed by atoms with van der Waals surface area (Å²) in [5, 5.41) is 14.9. The summed E-state index contributed by atoms with van der Waals surface area (Å²) in [6.45, 7) is 6.79. The number of phenols is 1. The van der Waals surface area contributed by atoms with Gasteiger partial charge < -0.3 is 31.1 Å². The summed E-state index contributed by atoms with van der Waals surface area (Å²) in [7, 11) is 1.38. The average molecular weight is 485 g/mol. The monoisotopic (exact) mass is 484 g/mol. The number of carbonyl (C=O) groups excluding carboxylic acids is 4. The van der Waals surface area contributed by atoms with E-state index in [-0.39, 0.29) is 5.75 Å². The molecule has 2 aromatic rings. The number of nitrogens with one attached hydrogen (secondary N) is 2. The van der Waals surface area contributed by atoms with E-state index in [1.807, 2.05) is 19.1 Å². The van der Waals surface area contributed by atoms with Crippen LogP contribution in [0, 0.1) is 6.92 Å². The van der Waals surface area contributed by atoms with Gasteiger partial charge in [-0.25, -0.2) is 4.79 Å². The lowest BCUT2D eigenvalue weighted by Gasteiger charge is -2.31. The Labute approximate surface area is 204 Å². The summed E-state index contributed by atoms with van der Waals surface area (Å²) in [6.07, 6.45) is -1.40. The van der Waals surface area contributed by atoms with Crippen LogP contribution in [0.2, 0.25) is 0 Å². The quantitative estimate of drug-likeness (QED) is 0.452. The minimum atomic E-state index is -1.36. The molecule has 188 valence electrons. The summed E-state index contributed by atoms with van der Waals surface area (Å²) in [5.74, 6) is -2.10. The zero-order chi connectivity index (χ0) is 26.3. The smallest absolute Gasteiger partial charge is 0.408 e. The molecule has 2 unspecified atom stereocenters. The van der Waals surface area contributed by atoms with E-state index in [2.05, 4.69) is 10.6 Å². The predicted octanol–water partition coefficient (Wildman–Crippen LogP) is 2.61. The van der Waals surface area contributed by atoms with Crippen molar-refractivity contribution in [2.24, 2.45) is 5.73 Å². The molecular weight excluding hydrogens is 452 g/mol. The van der Waals surface area contributed by atoms with Gasteiger partial charge in [0.1, 0.15) is 23.4 Å². The molecule has 5 N–H and O–H groups in total. The molecule has 4 amide bonds. The van der Waals surface area contributed by atoms with E-state index < -0.39 is 47.9 Å². The fourth-order valence-electron chi connectivity index (χ4n) is 3.35. The van der Waals surface area contributed by atoms with Crippen molar-refractivity contribution in [2.75, 3.05) is 12.4 Å². The van der Waals surface area contributed by atoms with Crippen molar-refractivity contribution < 1.29 is 29.0 Å². The fraction of sp³-hybridized carbons (Fsp3) is 0.360. The van der Waals surface area contributed by atoms with Gasteiger partial charge in [-0.3, -0.25) is 14.4 Å². The standard InChI is InChI=1S/C25H32N4O6/c1-15-8-6-7-9-18(15)27-22(32)21(16-10-12-17(30)13-11-16)29(5)23(33)19(14-20(26)31)28-24(34)35-25(2,3)4/h6-13,19,21,30H,14H2,1-5H3,(H2,26,31)(H,27,32)(H,28,34). The van der Waals surface area contributed by atoms with E-state index in [9.17, 15) is 24.3 Å². The zero-order valence-corrected chi connectivity index (χ0v) is 20.5. The molecule has 0 aliphatic rings. The van der Waals surface area contributed by atoms with Crippen LogP contribution in [0.25, 0.3) is 0 Å². The van der Waals surface area contributed by atoms with E-state index in [0.717, 1.165) is 10.5 Å². The molecule has 10 nitrogen and oxygen atoms in total. The van der Waals surface area contributed by atoms with E-state index in [4.69, 9.17) is 10.5 Å². The van der Waals surface area contributed by atoms with Crippen molar-refractivity contribution in [1.29, 1.82) is 0 Å². The SMILES string of the molecule is Cc1ccccc1NC(=O)C(c1ccc(O)cc1)N(C)C(=O)C(CC(N)=O)NC(=O)OC(C)(C)C. The number of rotatable bonds is 8. The summed E-state index contributed by atoms with van der Waals surface area (Å²) in [4.78, 5) is 51.8. The van der Waals surface area contributed by atoms with Crippen molar-refractivity contribution in [1.82, 2.24) is 10.2 Å². The highest BCUT2D eigenvalue weighted by molar-refractivity contribution is 6.00. The molecule has 0 saturated heterocycles. The van der Waals surface area contributed by atoms with E-state index in [1.54, 1.807) is 32.9 Å². The molecule has 0 aliphatic heterocycles. The lowest BCUT2D eigenvalue weighted by molar-refractivity contribution is -0.140. The van der Waals surface area contributed by atoms with Crippen molar-refractivity contribution in [3.05, 3.63) is 59.7 Å². The molecule has 2 atom stereocenters. The predicted molar refractivity (Wildman–Crippen MR) is 130 cm³/mol. The first-order valence-corrected chi connectivity index (χ1v) is 11.0. The van der Waals surface area contributed by atoms with Gasteiger partial charge in [0, 0.05) is 12.7 Å². The van der Waals surface area contributed by atoms with Gasteiger partial charge in [-0.1, -0.05) is 30.3 Å². The van der Waals surface area contributed by atoms with Crippen molar-refractivity contribution in [3.8, 4) is 5.75 Å². The number of alkyl carbamates (subject to hydrolysis) is 1. The van der Waals surface area contributed by atoms with Gasteiger partial charge in [0.05, 0.1) is 6.42 Å². The van der Waals surface area contributed by atoms with Gasteiger partial charge in [0.25, 0.3) is 5.91 Å². The number of anilines is 1. The topological polar surface area (TPSA) is 151 Å². The fourth-order valence-corrected chi connectivity index (χ4v) is 3.35. The van der Waals surface area contributed by atoms with Crippen LogP contribution in [0.1, 0.15) is 44.4 Å². The maximum absolute atomic E-state index is 13.4. The number of amides is 4. The van der Waals surface area contributed by atoms with Crippen LogP contribution < -0.4 is 16.4 Å². The Hall–Kier alpha value is -4.08. The van der Waals surface area contributed by atoms with E-state index in [1.165, 1.54) is 31.3 Å². The molecule has 0 heterocycles. The number of primary amides is 1. The highest BCUT2D eigenvalue weighted by Crippen LogP contribution is 2.26. The zero-order valence-electron chi connectivity index (χ0n) is 20.5. The summed E-state index contributed by atoms with van der Waals surface area (Å²) in [5.41, 5.74) is 6.25. The largest absolute Gasteiger partial charge is 0.508 e. The second-order valence-electron chi connectivity index (χ2n) is 9.12. The molecule has 0 aliphatic carbocycles. The third kappa shape index (κ3) is 8.02. The molecule has 0 bridgehead atoms. The summed E-state index contributed by atoms with van der Waals surface area (Å²) >= 11 is 0. The highest BCUT2D eigenvalue weighted by atomic mass is 16.6. The van der Waals surface area contributed by atoms with Gasteiger partial charge in [0.15, 0.2) is 0 Å². The molecule has 2 aromatic carbocycles. The number of likely N-dealkylation sites (N-methyl/N-ethyl adjacent to an activating group) is 1. The van der Waals surface area contributed by atoms with E-state index >= 15 is 0 Å². The van der Waals surface area contributed by atoms with Crippen molar-refractivity contribution in [2.45, 2.75) is 51.8 Å². The number of para-hydroxylation sites is 1. The highest BCUT2D eigenvalue weighted by Gasteiger charge is 2.35. The molecule has 0 fully saturated rings. The molecule has 0 saturated carbocycles. The Morgan fingerprint density at radius 1 is 1.06 bits per heavy atom. The van der Waals surface area contributed by atoms with Crippen LogP contribution in [-0.2, 0) is 19.1 Å². The minimum absolute atomic E-state index is 0.0148. The third-order valence-electron chi connectivity index (χ3n) is 4.99. The van der Waals surface area contributed by atoms with Gasteiger partial charge in [0.2, 0.25) is 11.8 Å². The lowest BCUT2D eigenvalue weighted by atomic mass is 10.0. The second kappa shape index (κ2) is 11.4. The van der Waals surface area contributed by atoms with Crippen molar-refractivity contribution >= 4 is 29.5 Å². The second-order valence-corrected chi connectivity index (χ2v) is 9.12. The van der Waals surface area contributed by atoms with E-state index in [0.29, 0.717) is 11.3 Å². The first kappa shape index (κ1) is 27.2. The number of aryl methyl sites for hydroxylation is 1. The molecule has 0 aromatic heterocycles. The number of nitrogens with zero attached hydrogens (tertiary/aromatic N) is 1. The van der Waals surface area contributed by atoms with Gasteiger partial charge in [-0.05, 0) is 57.0 Å². The average Bonchev–Trinajstić information content (AvgIpc) is 2.74. The van der Waals surface area contributed by atoms with Crippen LogP contribution in [-0.4, -0.2) is 52.5 Å². The third-order valence-corrected chi connectivity index (χ3v) is 4.99. The maximum Gasteiger partial charge on any atom is 0.408 e. The normalized spacial score (nSPS) is 12.7. The van der Waals surface area contributed by atoms with Crippen LogP contribution in [0.15, 0.2) is 48.5 Å². The number of benzene rings is 2. The molecule has 35 heavy (non-hydrogen) atoms. The Bertz CT molecular complexity index is 1080. The molecular formula is C25H32N4O6. The first-order valence-electron chi connectivity index (χ1n) is 11.0. The van der Waals surface area contributed by atoms with Gasteiger partial charge in [-0.15, -0.1) is 0 Å². The number of hydrogen-bond donors (Lipinski definition) is 4. The number of hydrogen-bond acceptors (Lipinski definition) is 6. The van der Waals surface area contributed by atoms with Crippen molar-refractivity contribution in [3.63, 3.8) is 0 Å². The van der Waals surface area contributed by atoms with Gasteiger partial charge in [-0.2, -0.15) is 0 Å². The minimum Gasteiger partial charge on any atom is -0.508 e. The molecule has 2 rings (SSSR count). The number of ether oxygens (including phenoxy) is 1. The maximum atomic E-state index is 13.4. The Kier molecular flexibility index (Phi) is 8.82. The molecule has 0 radical (unpaired) electrons. The number of nitrogens with two attached hydrogens (primary N) is 1. The van der Waals surface area contributed by atoms with Crippen LogP contribution >= 0.6 is 0 Å². The number of aromatic hydroxyl groups is 1. The van der Waals surface area contributed by atoms with Crippen LogP contribution in [0.4, 0.5) is 10.5 Å². The number of phenolic OH excluding ortho intramolecular Hbond substituents is 1. The lowest BCUT2D eigenvalue weighted by Crippen LogP contribution is -2.52. The summed E-state index contributed by atoms with van der Waals surface area (Å²) in [6, 6.07) is 10.4. The summed E-state index contributed by atoms with van der Waals surface area (Å²) < 4.78 is 5.20. The Balaban J connectivity index is 2.38. The van der Waals surface area contributed by atoms with Crippen LogP contribution in [0.3, 0.4) is 0 Å². The molecule has 0 spiro atoms.